The smallest absolute Gasteiger partial charge is 0.263 e. The van der Waals surface area contributed by atoms with Crippen LogP contribution in [0, 0.1) is 0 Å². The highest BCUT2D eigenvalue weighted by molar-refractivity contribution is 7.90. The molecule has 2 aromatic rings. The minimum Gasteiger partial charge on any atom is -0.263 e. The quantitative estimate of drug-likeness (QED) is 0.947. The maximum atomic E-state index is 12.0. The number of amidine groups is 1. The predicted molar refractivity (Wildman–Crippen MR) is 80.7 cm³/mol. The Morgan fingerprint density at radius 3 is 2.85 bits per heavy atom. The summed E-state index contributed by atoms with van der Waals surface area (Å²) in [6.45, 7) is 2.61. The van der Waals surface area contributed by atoms with Gasteiger partial charge >= 0.3 is 0 Å². The molecule has 0 amide bonds. The summed E-state index contributed by atoms with van der Waals surface area (Å²) in [5.41, 5.74) is 1.93. The van der Waals surface area contributed by atoms with Crippen LogP contribution in [0.25, 0.3) is 0 Å². The second kappa shape index (κ2) is 5.03. The minimum absolute atomic E-state index is 0.306. The van der Waals surface area contributed by atoms with E-state index >= 15 is 0 Å². The van der Waals surface area contributed by atoms with Crippen molar-refractivity contribution in [2.75, 3.05) is 0 Å². The Bertz CT molecular complexity index is 776. The van der Waals surface area contributed by atoms with Gasteiger partial charge in [0.2, 0.25) is 0 Å². The van der Waals surface area contributed by atoms with E-state index in [9.17, 15) is 8.42 Å². The van der Waals surface area contributed by atoms with Crippen LogP contribution in [-0.4, -0.2) is 14.3 Å². The molecule has 1 aromatic heterocycles. The van der Waals surface area contributed by atoms with Gasteiger partial charge in [0.15, 0.2) is 0 Å². The zero-order valence-corrected chi connectivity index (χ0v) is 12.6. The monoisotopic (exact) mass is 306 g/mol. The fourth-order valence-electron chi connectivity index (χ4n) is 2.22. The first-order chi connectivity index (χ1) is 9.62. The zero-order valence-electron chi connectivity index (χ0n) is 11.0. The molecule has 2 heterocycles. The largest absolute Gasteiger partial charge is 0.263 e. The van der Waals surface area contributed by atoms with E-state index in [1.165, 1.54) is 10.4 Å². The topological polar surface area (TPSA) is 58.5 Å². The fourth-order valence-corrected chi connectivity index (χ4v) is 4.37. The van der Waals surface area contributed by atoms with E-state index in [2.05, 4.69) is 22.7 Å². The van der Waals surface area contributed by atoms with Gasteiger partial charge in [-0.15, -0.1) is 11.3 Å². The highest BCUT2D eigenvalue weighted by Gasteiger charge is 2.29. The summed E-state index contributed by atoms with van der Waals surface area (Å²) in [4.78, 5) is 5.94. The molecule has 0 bridgehead atoms. The molecule has 1 N–H and O–H groups in total. The normalized spacial score (nSPS) is 17.9. The van der Waals surface area contributed by atoms with Crippen LogP contribution in [0.4, 0.5) is 0 Å². The van der Waals surface area contributed by atoms with Crippen molar-refractivity contribution in [2.45, 2.75) is 24.8 Å². The second-order valence-electron chi connectivity index (χ2n) is 4.49. The Balaban J connectivity index is 1.95. The molecular weight excluding hydrogens is 292 g/mol. The molecule has 0 spiro atoms. The molecule has 0 atom stereocenters. The number of nitrogens with zero attached hydrogens (tertiary/aromatic N) is 1. The van der Waals surface area contributed by atoms with Crippen molar-refractivity contribution < 1.29 is 8.42 Å². The first-order valence-corrected chi connectivity index (χ1v) is 8.70. The maximum absolute atomic E-state index is 12.0. The Morgan fingerprint density at radius 2 is 2.05 bits per heavy atom. The Morgan fingerprint density at radius 1 is 1.25 bits per heavy atom. The number of benzene rings is 1. The fraction of sp³-hybridized carbons (Fsp3) is 0.214. The molecule has 3 rings (SSSR count). The summed E-state index contributed by atoms with van der Waals surface area (Å²) in [5, 5.41) is 2.04. The van der Waals surface area contributed by atoms with Crippen molar-refractivity contribution in [3.8, 4) is 0 Å². The van der Waals surface area contributed by atoms with Crippen LogP contribution in [0.3, 0.4) is 0 Å². The van der Waals surface area contributed by atoms with Gasteiger partial charge in [-0.1, -0.05) is 19.1 Å². The van der Waals surface area contributed by atoms with Gasteiger partial charge in [-0.2, -0.15) is 0 Å². The highest BCUT2D eigenvalue weighted by atomic mass is 32.2. The number of aliphatic imine (C=N–C) groups is 1. The van der Waals surface area contributed by atoms with E-state index < -0.39 is 10.0 Å². The minimum atomic E-state index is -3.44. The van der Waals surface area contributed by atoms with Crippen LogP contribution in [0.5, 0.6) is 0 Å². The summed E-state index contributed by atoms with van der Waals surface area (Å²) in [6, 6.07) is 9.01. The molecule has 4 nitrogen and oxygen atoms in total. The van der Waals surface area contributed by atoms with Crippen molar-refractivity contribution in [3.05, 3.63) is 51.7 Å². The maximum Gasteiger partial charge on any atom is 0.263 e. The Hall–Kier alpha value is -1.66. The number of rotatable bonds is 3. The third kappa shape index (κ3) is 2.25. The lowest BCUT2D eigenvalue weighted by molar-refractivity contribution is 0.595. The molecule has 0 saturated carbocycles. The van der Waals surface area contributed by atoms with Gasteiger partial charge in [0.05, 0.1) is 11.4 Å². The molecule has 1 aliphatic heterocycles. The molecule has 0 unspecified atom stereocenters. The highest BCUT2D eigenvalue weighted by Crippen LogP contribution is 2.24. The Kier molecular flexibility index (Phi) is 3.35. The van der Waals surface area contributed by atoms with E-state index in [1.807, 2.05) is 11.4 Å². The molecule has 1 aromatic carbocycles. The average Bonchev–Trinajstić information content (AvgIpc) is 3.00. The van der Waals surface area contributed by atoms with E-state index in [4.69, 9.17) is 0 Å². The molecule has 1 aliphatic rings. The summed E-state index contributed by atoms with van der Waals surface area (Å²) >= 11 is 1.65. The van der Waals surface area contributed by atoms with Crippen molar-refractivity contribution in [3.63, 3.8) is 0 Å². The van der Waals surface area contributed by atoms with Crippen LogP contribution in [0.2, 0.25) is 0 Å². The van der Waals surface area contributed by atoms with Crippen molar-refractivity contribution >= 4 is 27.2 Å². The lowest BCUT2D eigenvalue weighted by Gasteiger charge is -2.00. The number of hydrogen-bond donors (Lipinski definition) is 1. The van der Waals surface area contributed by atoms with Gasteiger partial charge in [0.1, 0.15) is 5.84 Å². The van der Waals surface area contributed by atoms with E-state index in [1.54, 1.807) is 29.5 Å². The first-order valence-electron chi connectivity index (χ1n) is 6.33. The molecule has 0 fully saturated rings. The van der Waals surface area contributed by atoms with Crippen LogP contribution >= 0.6 is 11.3 Å². The van der Waals surface area contributed by atoms with Crippen LogP contribution in [-0.2, 0) is 23.0 Å². The van der Waals surface area contributed by atoms with Gasteiger partial charge in [-0.05, 0) is 35.6 Å². The van der Waals surface area contributed by atoms with Gasteiger partial charge < -0.3 is 0 Å². The van der Waals surface area contributed by atoms with Gasteiger partial charge in [-0.3, -0.25) is 9.71 Å². The number of aryl methyl sites for hydroxylation is 1. The van der Waals surface area contributed by atoms with Crippen molar-refractivity contribution in [1.82, 2.24) is 4.72 Å². The number of hydrogen-bond acceptors (Lipinski definition) is 4. The second-order valence-corrected chi connectivity index (χ2v) is 7.14. The number of nitrogens with one attached hydrogen (secondary N) is 1. The molecule has 0 aliphatic carbocycles. The average molecular weight is 306 g/mol. The Labute approximate surface area is 122 Å². The number of thiophene rings is 1. The number of fused-ring (bicyclic) bond motifs is 1. The third-order valence-electron chi connectivity index (χ3n) is 3.26. The van der Waals surface area contributed by atoms with Gasteiger partial charge in [0, 0.05) is 10.4 Å². The van der Waals surface area contributed by atoms with Gasteiger partial charge in [-0.25, -0.2) is 8.42 Å². The molecule has 0 saturated heterocycles. The molecule has 0 radical (unpaired) electrons. The van der Waals surface area contributed by atoms with Crippen LogP contribution in [0.15, 0.2) is 45.6 Å². The molecular formula is C14H14N2O2S2. The summed E-state index contributed by atoms with van der Waals surface area (Å²) < 4.78 is 26.4. The van der Waals surface area contributed by atoms with Crippen LogP contribution in [0.1, 0.15) is 22.9 Å². The molecule has 20 heavy (non-hydrogen) atoms. The SMILES string of the molecule is CCc1ccsc1CN=C1NS(=O)(=O)c2ccccc21. The lowest BCUT2D eigenvalue weighted by Crippen LogP contribution is -2.22. The first kappa shape index (κ1) is 13.3. The molecule has 6 heteroatoms. The third-order valence-corrected chi connectivity index (χ3v) is 5.61. The van der Waals surface area contributed by atoms with E-state index in [-0.39, 0.29) is 0 Å². The standard InChI is InChI=1S/C14H14N2O2S2/c1-2-10-7-8-19-12(10)9-15-14-11-5-3-4-6-13(11)20(17,18)16-14/h3-8H,2,9H2,1H3,(H,15,16). The summed E-state index contributed by atoms with van der Waals surface area (Å²) in [6.07, 6.45) is 0.964. The van der Waals surface area contributed by atoms with Crippen LogP contribution < -0.4 is 4.72 Å². The van der Waals surface area contributed by atoms with E-state index in [0.717, 1.165) is 6.42 Å². The van der Waals surface area contributed by atoms with Crippen molar-refractivity contribution in [2.24, 2.45) is 4.99 Å². The lowest BCUT2D eigenvalue weighted by atomic mass is 10.2. The zero-order chi connectivity index (χ0) is 14.2. The van der Waals surface area contributed by atoms with E-state index in [0.29, 0.717) is 22.8 Å². The molecule has 104 valence electrons. The van der Waals surface area contributed by atoms with Crippen molar-refractivity contribution in [1.29, 1.82) is 0 Å². The van der Waals surface area contributed by atoms with Gasteiger partial charge in [0.25, 0.3) is 10.0 Å². The number of sulfonamides is 1. The summed E-state index contributed by atoms with van der Waals surface area (Å²) in [7, 11) is -3.44. The predicted octanol–water partition coefficient (Wildman–Crippen LogP) is 2.55. The summed E-state index contributed by atoms with van der Waals surface area (Å²) in [5.74, 6) is 0.441.